The summed E-state index contributed by atoms with van der Waals surface area (Å²) in [6.45, 7) is 7.33. The first-order valence-corrected chi connectivity index (χ1v) is 6.45. The Labute approximate surface area is 108 Å². The van der Waals surface area contributed by atoms with E-state index >= 15 is 0 Å². The van der Waals surface area contributed by atoms with Gasteiger partial charge in [0.05, 0.1) is 0 Å². The van der Waals surface area contributed by atoms with Gasteiger partial charge in [0.15, 0.2) is 5.89 Å². The van der Waals surface area contributed by atoms with Crippen LogP contribution in [-0.2, 0) is 0 Å². The van der Waals surface area contributed by atoms with E-state index in [0.717, 1.165) is 23.5 Å². The molecule has 1 atom stereocenters. The second-order valence-electron chi connectivity index (χ2n) is 4.72. The van der Waals surface area contributed by atoms with Crippen molar-refractivity contribution in [3.63, 3.8) is 0 Å². The highest BCUT2D eigenvalue weighted by Crippen LogP contribution is 2.20. The average molecular weight is 244 g/mol. The van der Waals surface area contributed by atoms with E-state index < -0.39 is 0 Å². The minimum Gasteiger partial charge on any atom is -0.449 e. The first-order valence-electron chi connectivity index (χ1n) is 6.45. The number of nitrogens with one attached hydrogen (secondary N) is 1. The van der Waals surface area contributed by atoms with Gasteiger partial charge in [0, 0.05) is 24.7 Å². The zero-order valence-electron chi connectivity index (χ0n) is 11.2. The summed E-state index contributed by atoms with van der Waals surface area (Å²) in [4.78, 5) is 4.31. The fourth-order valence-electron chi connectivity index (χ4n) is 1.69. The van der Waals surface area contributed by atoms with Gasteiger partial charge in [0.25, 0.3) is 0 Å². The van der Waals surface area contributed by atoms with Gasteiger partial charge >= 0.3 is 0 Å². The topological polar surface area (TPSA) is 38.1 Å². The molecule has 2 aromatic rings. The molecule has 0 aliphatic carbocycles. The van der Waals surface area contributed by atoms with Gasteiger partial charge in [-0.1, -0.05) is 32.4 Å². The predicted octanol–water partition coefficient (Wildman–Crippen LogP) is 4.11. The second-order valence-corrected chi connectivity index (χ2v) is 4.72. The zero-order chi connectivity index (χ0) is 13.0. The lowest BCUT2D eigenvalue weighted by atomic mass is 10.1. The van der Waals surface area contributed by atoms with Crippen molar-refractivity contribution in [1.29, 1.82) is 0 Å². The molecule has 0 spiro atoms. The lowest BCUT2D eigenvalue weighted by Gasteiger charge is -2.11. The Balaban J connectivity index is 2.01. The molecular formula is C15H20N2O. The van der Waals surface area contributed by atoms with Crippen LogP contribution in [0.2, 0.25) is 0 Å². The molecule has 0 radical (unpaired) electrons. The largest absolute Gasteiger partial charge is 0.449 e. The fourth-order valence-corrected chi connectivity index (χ4v) is 1.69. The monoisotopic (exact) mass is 244 g/mol. The smallest absolute Gasteiger partial charge is 0.191 e. The van der Waals surface area contributed by atoms with E-state index in [1.165, 1.54) is 6.42 Å². The van der Waals surface area contributed by atoms with Crippen LogP contribution in [-0.4, -0.2) is 11.5 Å². The normalized spacial score (nSPS) is 12.4. The highest BCUT2D eigenvalue weighted by Gasteiger charge is 2.03. The first-order chi connectivity index (χ1) is 8.69. The highest BCUT2D eigenvalue weighted by molar-refractivity contribution is 5.61. The minimum absolute atomic E-state index is 0.697. The first kappa shape index (κ1) is 12.7. The van der Waals surface area contributed by atoms with Crippen molar-refractivity contribution >= 4 is 5.69 Å². The van der Waals surface area contributed by atoms with E-state index in [9.17, 15) is 0 Å². The third kappa shape index (κ3) is 3.13. The number of hydrogen-bond acceptors (Lipinski definition) is 3. The Bertz CT molecular complexity index is 487. The van der Waals surface area contributed by atoms with Crippen molar-refractivity contribution in [1.82, 2.24) is 4.98 Å². The van der Waals surface area contributed by atoms with Gasteiger partial charge in [-0.25, -0.2) is 4.98 Å². The summed E-state index contributed by atoms with van der Waals surface area (Å²) in [7, 11) is 0. The van der Waals surface area contributed by atoms with Crippen LogP contribution >= 0.6 is 0 Å². The SMILES string of the molecule is CCC(C)CNc1ccc(-c2coc(C)n2)cc1. The maximum absolute atomic E-state index is 5.22. The van der Waals surface area contributed by atoms with E-state index in [0.29, 0.717) is 11.8 Å². The Morgan fingerprint density at radius 3 is 2.56 bits per heavy atom. The van der Waals surface area contributed by atoms with Crippen molar-refractivity contribution < 1.29 is 4.42 Å². The van der Waals surface area contributed by atoms with Gasteiger partial charge < -0.3 is 9.73 Å². The zero-order valence-corrected chi connectivity index (χ0v) is 11.2. The number of benzene rings is 1. The van der Waals surface area contributed by atoms with Crippen LogP contribution in [0.4, 0.5) is 5.69 Å². The minimum atomic E-state index is 0.697. The molecule has 0 bridgehead atoms. The van der Waals surface area contributed by atoms with Crippen molar-refractivity contribution in [3.8, 4) is 11.3 Å². The molecule has 96 valence electrons. The predicted molar refractivity (Wildman–Crippen MR) is 74.6 cm³/mol. The molecule has 1 unspecified atom stereocenters. The van der Waals surface area contributed by atoms with Crippen LogP contribution in [0.3, 0.4) is 0 Å². The fraction of sp³-hybridized carbons (Fsp3) is 0.400. The Kier molecular flexibility index (Phi) is 4.03. The number of nitrogens with zero attached hydrogens (tertiary/aromatic N) is 1. The molecule has 1 aromatic carbocycles. The molecule has 1 heterocycles. The summed E-state index contributed by atoms with van der Waals surface area (Å²) in [6.07, 6.45) is 2.89. The lowest BCUT2D eigenvalue weighted by Crippen LogP contribution is -2.09. The molecule has 0 amide bonds. The van der Waals surface area contributed by atoms with Crippen LogP contribution in [0.15, 0.2) is 34.9 Å². The summed E-state index contributed by atoms with van der Waals surface area (Å²) in [5, 5.41) is 3.44. The third-order valence-electron chi connectivity index (χ3n) is 3.15. The number of aromatic nitrogens is 1. The number of rotatable bonds is 5. The van der Waals surface area contributed by atoms with Gasteiger partial charge in [0.2, 0.25) is 0 Å². The Hall–Kier alpha value is -1.77. The molecule has 0 saturated carbocycles. The second kappa shape index (κ2) is 5.71. The van der Waals surface area contributed by atoms with Crippen molar-refractivity contribution in [3.05, 3.63) is 36.4 Å². The van der Waals surface area contributed by atoms with E-state index in [-0.39, 0.29) is 0 Å². The lowest BCUT2D eigenvalue weighted by molar-refractivity contribution is 0.521. The third-order valence-corrected chi connectivity index (χ3v) is 3.15. The molecular weight excluding hydrogens is 224 g/mol. The summed E-state index contributed by atoms with van der Waals surface area (Å²) in [5.41, 5.74) is 3.13. The quantitative estimate of drug-likeness (QED) is 0.860. The molecule has 0 aliphatic heterocycles. The summed E-state index contributed by atoms with van der Waals surface area (Å²) >= 11 is 0. The van der Waals surface area contributed by atoms with E-state index in [4.69, 9.17) is 4.42 Å². The maximum Gasteiger partial charge on any atom is 0.191 e. The van der Waals surface area contributed by atoms with Gasteiger partial charge in [-0.2, -0.15) is 0 Å². The standard InChI is InChI=1S/C15H20N2O/c1-4-11(2)9-16-14-7-5-13(6-8-14)15-10-18-12(3)17-15/h5-8,10-11,16H,4,9H2,1-3H3. The summed E-state index contributed by atoms with van der Waals surface area (Å²) in [5.74, 6) is 1.40. The molecule has 3 heteroatoms. The number of aryl methyl sites for hydroxylation is 1. The van der Waals surface area contributed by atoms with Crippen molar-refractivity contribution in [2.24, 2.45) is 5.92 Å². The molecule has 0 fully saturated rings. The van der Waals surface area contributed by atoms with Crippen LogP contribution in [0.5, 0.6) is 0 Å². The van der Waals surface area contributed by atoms with Crippen LogP contribution in [0.1, 0.15) is 26.2 Å². The van der Waals surface area contributed by atoms with Crippen molar-refractivity contribution in [2.75, 3.05) is 11.9 Å². The molecule has 2 rings (SSSR count). The summed E-state index contributed by atoms with van der Waals surface area (Å²) in [6, 6.07) is 8.30. The molecule has 0 saturated heterocycles. The highest BCUT2D eigenvalue weighted by atomic mass is 16.3. The van der Waals surface area contributed by atoms with E-state index in [1.807, 2.05) is 6.92 Å². The number of oxazole rings is 1. The van der Waals surface area contributed by atoms with E-state index in [1.54, 1.807) is 6.26 Å². The van der Waals surface area contributed by atoms with Crippen LogP contribution < -0.4 is 5.32 Å². The number of anilines is 1. The maximum atomic E-state index is 5.22. The molecule has 18 heavy (non-hydrogen) atoms. The molecule has 3 nitrogen and oxygen atoms in total. The van der Waals surface area contributed by atoms with Gasteiger partial charge in [-0.05, 0) is 18.1 Å². The number of hydrogen-bond donors (Lipinski definition) is 1. The molecule has 1 aromatic heterocycles. The Morgan fingerprint density at radius 1 is 1.28 bits per heavy atom. The van der Waals surface area contributed by atoms with Crippen LogP contribution in [0.25, 0.3) is 11.3 Å². The average Bonchev–Trinajstić information content (AvgIpc) is 2.83. The van der Waals surface area contributed by atoms with Gasteiger partial charge in [-0.15, -0.1) is 0 Å². The van der Waals surface area contributed by atoms with Gasteiger partial charge in [0.1, 0.15) is 12.0 Å². The Morgan fingerprint density at radius 2 is 2.00 bits per heavy atom. The molecule has 1 N–H and O–H groups in total. The van der Waals surface area contributed by atoms with Gasteiger partial charge in [-0.3, -0.25) is 0 Å². The van der Waals surface area contributed by atoms with Crippen LogP contribution in [0, 0.1) is 12.8 Å². The molecule has 0 aliphatic rings. The van der Waals surface area contributed by atoms with E-state index in [2.05, 4.69) is 48.4 Å². The summed E-state index contributed by atoms with van der Waals surface area (Å²) < 4.78 is 5.22. The van der Waals surface area contributed by atoms with Crippen molar-refractivity contribution in [2.45, 2.75) is 27.2 Å².